The molecule has 0 aliphatic rings. The fourth-order valence-corrected chi connectivity index (χ4v) is 1.48. The summed E-state index contributed by atoms with van der Waals surface area (Å²) < 4.78 is 0.911. The van der Waals surface area contributed by atoms with Crippen LogP contribution < -0.4 is 5.32 Å². The smallest absolute Gasteiger partial charge is 0.133 e. The van der Waals surface area contributed by atoms with Crippen molar-refractivity contribution in [3.63, 3.8) is 0 Å². The maximum absolute atomic E-state index is 4.98. The lowest BCUT2D eigenvalue weighted by atomic mass is 10.3. The molecule has 0 aromatic carbocycles. The average molecular weight is 209 g/mol. The van der Waals surface area contributed by atoms with Crippen molar-refractivity contribution in [1.82, 2.24) is 5.32 Å². The first-order valence-corrected chi connectivity index (χ1v) is 6.64. The van der Waals surface area contributed by atoms with Crippen LogP contribution in [0, 0.1) is 0 Å². The zero-order chi connectivity index (χ0) is 8.53. The van der Waals surface area contributed by atoms with Gasteiger partial charge in [0, 0.05) is 6.54 Å². The van der Waals surface area contributed by atoms with Gasteiger partial charge in [-0.3, -0.25) is 0 Å². The van der Waals surface area contributed by atoms with Crippen molar-refractivity contribution in [3.8, 4) is 0 Å². The van der Waals surface area contributed by atoms with Crippen molar-refractivity contribution in [1.29, 1.82) is 0 Å². The highest BCUT2D eigenvalue weighted by molar-refractivity contribution is 8.22. The van der Waals surface area contributed by atoms with E-state index in [9.17, 15) is 0 Å². The third kappa shape index (κ3) is 8.50. The van der Waals surface area contributed by atoms with Crippen LogP contribution in [-0.2, 0) is 0 Å². The highest BCUT2D eigenvalue weighted by Gasteiger charge is 1.90. The van der Waals surface area contributed by atoms with E-state index in [4.69, 9.17) is 12.2 Å². The van der Waals surface area contributed by atoms with E-state index in [1.165, 1.54) is 18.6 Å². The second-order valence-electron chi connectivity index (χ2n) is 2.12. The first kappa shape index (κ1) is 11.6. The Labute approximate surface area is 83.1 Å². The maximum Gasteiger partial charge on any atom is 0.133 e. The molecule has 0 aliphatic carbocycles. The number of hydrogen-bond donors (Lipinski definition) is 1. The number of unbranched alkanes of at least 4 members (excludes halogenated alkanes) is 1. The summed E-state index contributed by atoms with van der Waals surface area (Å²) in [5.41, 5.74) is 0. The molecule has 0 aromatic rings. The maximum atomic E-state index is 4.98. The van der Waals surface area contributed by atoms with Gasteiger partial charge in [-0.15, -0.1) is 11.8 Å². The van der Waals surface area contributed by atoms with Crippen LogP contribution in [0.25, 0.3) is 0 Å². The molecule has 0 amide bonds. The van der Waals surface area contributed by atoms with Crippen LogP contribution in [0.5, 0.6) is 0 Å². The standard InChI is InChI=1S/C7H15NS3/c1-10-6-4-3-5-8-7(9)11-2/h3-6H2,1-2H3,(H,8,9). The van der Waals surface area contributed by atoms with Gasteiger partial charge in [0.15, 0.2) is 0 Å². The lowest BCUT2D eigenvalue weighted by Crippen LogP contribution is -2.19. The quantitative estimate of drug-likeness (QED) is 0.551. The molecule has 0 unspecified atom stereocenters. The lowest BCUT2D eigenvalue weighted by Gasteiger charge is -2.03. The number of thiocarbonyl (C=S) groups is 1. The first-order chi connectivity index (χ1) is 5.31. The van der Waals surface area contributed by atoms with Crippen molar-refractivity contribution in [3.05, 3.63) is 0 Å². The SMILES string of the molecule is CSCCCCNC(=S)SC. The summed E-state index contributed by atoms with van der Waals surface area (Å²) >= 11 is 8.48. The number of rotatable bonds is 5. The molecular weight excluding hydrogens is 194 g/mol. The normalized spacial score (nSPS) is 9.64. The Balaban J connectivity index is 2.95. The highest BCUT2D eigenvalue weighted by Crippen LogP contribution is 1.99. The molecule has 0 spiro atoms. The second-order valence-corrected chi connectivity index (χ2v) is 4.59. The van der Waals surface area contributed by atoms with E-state index in [0.29, 0.717) is 0 Å². The summed E-state index contributed by atoms with van der Waals surface area (Å²) in [4.78, 5) is 0. The molecule has 0 aliphatic heterocycles. The summed E-state index contributed by atoms with van der Waals surface area (Å²) in [5, 5.41) is 3.18. The van der Waals surface area contributed by atoms with Gasteiger partial charge in [-0.05, 0) is 31.1 Å². The Morgan fingerprint density at radius 1 is 1.36 bits per heavy atom. The molecule has 0 saturated carbocycles. The van der Waals surface area contributed by atoms with E-state index in [1.807, 2.05) is 18.0 Å². The minimum atomic E-state index is 0.911. The zero-order valence-corrected chi connectivity index (χ0v) is 9.50. The van der Waals surface area contributed by atoms with Gasteiger partial charge in [0.2, 0.25) is 0 Å². The van der Waals surface area contributed by atoms with Crippen LogP contribution >= 0.6 is 35.7 Å². The topological polar surface area (TPSA) is 12.0 Å². The Kier molecular flexibility index (Phi) is 9.15. The summed E-state index contributed by atoms with van der Waals surface area (Å²) in [6, 6.07) is 0. The Morgan fingerprint density at radius 2 is 2.09 bits per heavy atom. The van der Waals surface area contributed by atoms with Crippen LogP contribution in [0.4, 0.5) is 0 Å². The Morgan fingerprint density at radius 3 is 2.64 bits per heavy atom. The molecule has 0 saturated heterocycles. The van der Waals surface area contributed by atoms with Gasteiger partial charge >= 0.3 is 0 Å². The van der Waals surface area contributed by atoms with Crippen LogP contribution in [0.1, 0.15) is 12.8 Å². The van der Waals surface area contributed by atoms with Gasteiger partial charge in [-0.25, -0.2) is 0 Å². The minimum Gasteiger partial charge on any atom is -0.371 e. The van der Waals surface area contributed by atoms with Gasteiger partial charge in [0.1, 0.15) is 4.32 Å². The summed E-state index contributed by atoms with van der Waals surface area (Å²) in [7, 11) is 0. The Hall–Kier alpha value is 0.590. The van der Waals surface area contributed by atoms with Crippen molar-refractivity contribution in [2.75, 3.05) is 24.8 Å². The van der Waals surface area contributed by atoms with Gasteiger partial charge in [0.05, 0.1) is 0 Å². The van der Waals surface area contributed by atoms with Crippen molar-refractivity contribution >= 4 is 40.1 Å². The van der Waals surface area contributed by atoms with Gasteiger partial charge < -0.3 is 5.32 Å². The molecule has 0 heterocycles. The third-order valence-electron chi connectivity index (χ3n) is 1.23. The molecule has 1 N–H and O–H groups in total. The molecule has 0 atom stereocenters. The van der Waals surface area contributed by atoms with E-state index in [2.05, 4.69) is 11.6 Å². The Bertz CT molecular complexity index is 106. The largest absolute Gasteiger partial charge is 0.371 e. The monoisotopic (exact) mass is 209 g/mol. The van der Waals surface area contributed by atoms with Gasteiger partial charge in [0.25, 0.3) is 0 Å². The van der Waals surface area contributed by atoms with E-state index in [0.717, 1.165) is 10.9 Å². The van der Waals surface area contributed by atoms with Gasteiger partial charge in [-0.1, -0.05) is 12.2 Å². The number of nitrogens with one attached hydrogen (secondary N) is 1. The fourth-order valence-electron chi connectivity index (χ4n) is 0.634. The third-order valence-corrected chi connectivity index (χ3v) is 3.09. The molecule has 4 heteroatoms. The fraction of sp³-hybridized carbons (Fsp3) is 0.857. The van der Waals surface area contributed by atoms with Crippen molar-refractivity contribution in [2.24, 2.45) is 0 Å². The first-order valence-electron chi connectivity index (χ1n) is 3.62. The molecule has 0 rings (SSSR count). The molecule has 66 valence electrons. The second kappa shape index (κ2) is 8.68. The molecule has 0 aromatic heterocycles. The predicted molar refractivity (Wildman–Crippen MR) is 61.7 cm³/mol. The van der Waals surface area contributed by atoms with Gasteiger partial charge in [-0.2, -0.15) is 11.8 Å². The predicted octanol–water partition coefficient (Wildman–Crippen LogP) is 2.37. The molecule has 11 heavy (non-hydrogen) atoms. The summed E-state index contributed by atoms with van der Waals surface area (Å²) in [5.74, 6) is 1.26. The molecule has 0 fully saturated rings. The average Bonchev–Trinajstić information content (AvgIpc) is 2.04. The van der Waals surface area contributed by atoms with Crippen LogP contribution in [0.15, 0.2) is 0 Å². The lowest BCUT2D eigenvalue weighted by molar-refractivity contribution is 0.769. The zero-order valence-electron chi connectivity index (χ0n) is 7.05. The molecule has 0 bridgehead atoms. The molecule has 1 nitrogen and oxygen atoms in total. The molecular formula is C7H15NS3. The van der Waals surface area contributed by atoms with E-state index < -0.39 is 0 Å². The van der Waals surface area contributed by atoms with Crippen molar-refractivity contribution < 1.29 is 0 Å². The molecule has 0 radical (unpaired) electrons. The van der Waals surface area contributed by atoms with Crippen molar-refractivity contribution in [2.45, 2.75) is 12.8 Å². The number of hydrogen-bond acceptors (Lipinski definition) is 3. The van der Waals surface area contributed by atoms with Crippen LogP contribution in [0.2, 0.25) is 0 Å². The number of thioether (sulfide) groups is 2. The van der Waals surface area contributed by atoms with E-state index >= 15 is 0 Å². The highest BCUT2D eigenvalue weighted by atomic mass is 32.2. The van der Waals surface area contributed by atoms with E-state index in [-0.39, 0.29) is 0 Å². The van der Waals surface area contributed by atoms with Crippen LogP contribution in [0.3, 0.4) is 0 Å². The van der Waals surface area contributed by atoms with Crippen LogP contribution in [-0.4, -0.2) is 29.1 Å². The van der Waals surface area contributed by atoms with E-state index in [1.54, 1.807) is 11.8 Å². The minimum absolute atomic E-state index is 0.911. The summed E-state index contributed by atoms with van der Waals surface area (Å²) in [6.45, 7) is 1.03. The summed E-state index contributed by atoms with van der Waals surface area (Å²) in [6.07, 6.45) is 6.64.